The van der Waals surface area contributed by atoms with Crippen molar-refractivity contribution in [2.24, 2.45) is 34.5 Å². The standard InChI is InChI=1S/C26H43NO2.C2H6/c1-5-29-24(28)11-8-18(2)26-14-6-7-23(26)21-10-9-19-17-20(27-4)12-15-25(19,3)22(21)13-16-26;1-2/h9,18,20-23,27H,5-8,10-17H2,1-4H3;1-2H3/t18-,20?,21?,22?,23?,25?,26+;/m1./s1. The van der Waals surface area contributed by atoms with Gasteiger partial charge in [0.2, 0.25) is 0 Å². The maximum Gasteiger partial charge on any atom is 0.305 e. The second-order valence-corrected chi connectivity index (χ2v) is 10.9. The van der Waals surface area contributed by atoms with Gasteiger partial charge in [0.15, 0.2) is 0 Å². The summed E-state index contributed by atoms with van der Waals surface area (Å²) < 4.78 is 5.21. The lowest BCUT2D eigenvalue weighted by Crippen LogP contribution is -2.52. The van der Waals surface area contributed by atoms with E-state index in [1.807, 2.05) is 20.8 Å². The van der Waals surface area contributed by atoms with Crippen molar-refractivity contribution in [3.8, 4) is 0 Å². The summed E-state index contributed by atoms with van der Waals surface area (Å²) in [5.41, 5.74) is 2.70. The number of hydrogen-bond donors (Lipinski definition) is 1. The Balaban J connectivity index is 0.00000132. The highest BCUT2D eigenvalue weighted by molar-refractivity contribution is 5.69. The molecule has 4 aliphatic rings. The average molecular weight is 432 g/mol. The van der Waals surface area contributed by atoms with Crippen LogP contribution in [0.15, 0.2) is 11.6 Å². The third kappa shape index (κ3) is 4.50. The molecule has 3 saturated carbocycles. The van der Waals surface area contributed by atoms with Gasteiger partial charge in [-0.05, 0) is 106 Å². The number of carbonyl (C=O) groups is 1. The minimum Gasteiger partial charge on any atom is -0.466 e. The number of rotatable bonds is 6. The van der Waals surface area contributed by atoms with E-state index in [0.29, 0.717) is 35.8 Å². The fourth-order valence-electron chi connectivity index (χ4n) is 8.33. The predicted octanol–water partition coefficient (Wildman–Crippen LogP) is 6.91. The molecule has 0 aromatic carbocycles. The van der Waals surface area contributed by atoms with Crippen LogP contribution in [-0.4, -0.2) is 25.7 Å². The SMILES string of the molecule is CC.CCOC(=O)CC[C@@H](C)[C@@]12CCCC1C1CC=C3CC(NC)CCC3(C)C1CC2. The van der Waals surface area contributed by atoms with E-state index in [1.54, 1.807) is 5.57 Å². The normalized spacial score (nSPS) is 39.7. The first-order chi connectivity index (χ1) is 14.9. The molecule has 0 bridgehead atoms. The molecule has 1 N–H and O–H groups in total. The van der Waals surface area contributed by atoms with Crippen LogP contribution in [0.2, 0.25) is 0 Å². The molecule has 4 aliphatic carbocycles. The molecular weight excluding hydrogens is 382 g/mol. The molecule has 4 rings (SSSR count). The highest BCUT2D eigenvalue weighted by Crippen LogP contribution is 2.67. The summed E-state index contributed by atoms with van der Waals surface area (Å²) in [7, 11) is 2.13. The van der Waals surface area contributed by atoms with Crippen molar-refractivity contribution in [2.45, 2.75) is 111 Å². The van der Waals surface area contributed by atoms with Gasteiger partial charge in [-0.2, -0.15) is 0 Å². The van der Waals surface area contributed by atoms with Crippen molar-refractivity contribution in [3.63, 3.8) is 0 Å². The molecule has 3 nitrogen and oxygen atoms in total. The Labute approximate surface area is 192 Å². The largest absolute Gasteiger partial charge is 0.466 e. The Bertz CT molecular complexity index is 643. The number of esters is 1. The molecule has 0 aromatic rings. The number of carbonyl (C=O) groups excluding carboxylic acids is 1. The Morgan fingerprint density at radius 3 is 2.68 bits per heavy atom. The van der Waals surface area contributed by atoms with E-state index in [0.717, 1.165) is 24.2 Å². The van der Waals surface area contributed by atoms with E-state index in [-0.39, 0.29) is 5.97 Å². The third-order valence-corrected chi connectivity index (χ3v) is 9.99. The molecule has 0 heterocycles. The zero-order valence-corrected chi connectivity index (χ0v) is 21.3. The lowest BCUT2D eigenvalue weighted by Gasteiger charge is -2.59. The van der Waals surface area contributed by atoms with Crippen molar-refractivity contribution >= 4 is 5.97 Å². The maximum absolute atomic E-state index is 12.0. The van der Waals surface area contributed by atoms with Crippen LogP contribution >= 0.6 is 0 Å². The second-order valence-electron chi connectivity index (χ2n) is 10.9. The molecule has 0 amide bonds. The van der Waals surface area contributed by atoms with Crippen LogP contribution in [0.1, 0.15) is 105 Å². The summed E-state index contributed by atoms with van der Waals surface area (Å²) in [6.45, 7) is 11.5. The topological polar surface area (TPSA) is 38.3 Å². The molecule has 7 atom stereocenters. The number of hydrogen-bond acceptors (Lipinski definition) is 3. The highest BCUT2D eigenvalue weighted by Gasteiger charge is 2.58. The van der Waals surface area contributed by atoms with Gasteiger partial charge in [0.05, 0.1) is 6.61 Å². The third-order valence-electron chi connectivity index (χ3n) is 9.99. The highest BCUT2D eigenvalue weighted by atomic mass is 16.5. The predicted molar refractivity (Wildman–Crippen MR) is 130 cm³/mol. The van der Waals surface area contributed by atoms with E-state index >= 15 is 0 Å². The first-order valence-electron chi connectivity index (χ1n) is 13.5. The zero-order chi connectivity index (χ0) is 22.6. The van der Waals surface area contributed by atoms with E-state index < -0.39 is 0 Å². The van der Waals surface area contributed by atoms with Gasteiger partial charge in [-0.1, -0.05) is 45.8 Å². The van der Waals surface area contributed by atoms with E-state index in [2.05, 4.69) is 32.3 Å². The van der Waals surface area contributed by atoms with Crippen molar-refractivity contribution < 1.29 is 9.53 Å². The molecule has 0 aliphatic heterocycles. The quantitative estimate of drug-likeness (QED) is 0.367. The Kier molecular flexibility index (Phi) is 8.32. The van der Waals surface area contributed by atoms with Gasteiger partial charge in [0.1, 0.15) is 0 Å². The number of ether oxygens (including phenoxy) is 1. The van der Waals surface area contributed by atoms with Gasteiger partial charge in [0.25, 0.3) is 0 Å². The lowest BCUT2D eigenvalue weighted by molar-refractivity contribution is -0.144. The molecule has 0 aromatic heterocycles. The second kappa shape index (κ2) is 10.4. The summed E-state index contributed by atoms with van der Waals surface area (Å²) >= 11 is 0. The van der Waals surface area contributed by atoms with Crippen LogP contribution < -0.4 is 5.32 Å². The fourth-order valence-corrected chi connectivity index (χ4v) is 8.33. The van der Waals surface area contributed by atoms with Crippen LogP contribution in [0.4, 0.5) is 0 Å². The van der Waals surface area contributed by atoms with Crippen molar-refractivity contribution in [2.75, 3.05) is 13.7 Å². The number of nitrogens with one attached hydrogen (secondary N) is 1. The van der Waals surface area contributed by atoms with E-state index in [1.165, 1.54) is 57.8 Å². The van der Waals surface area contributed by atoms with Crippen LogP contribution in [-0.2, 0) is 9.53 Å². The van der Waals surface area contributed by atoms with Gasteiger partial charge in [-0.25, -0.2) is 0 Å². The molecule has 3 fully saturated rings. The Morgan fingerprint density at radius 1 is 1.19 bits per heavy atom. The van der Waals surface area contributed by atoms with Gasteiger partial charge in [-0.15, -0.1) is 0 Å². The number of allylic oxidation sites excluding steroid dienone is 1. The van der Waals surface area contributed by atoms with Crippen molar-refractivity contribution in [1.82, 2.24) is 5.32 Å². The number of fused-ring (bicyclic) bond motifs is 5. The van der Waals surface area contributed by atoms with Crippen LogP contribution in [0, 0.1) is 34.5 Å². The average Bonchev–Trinajstić information content (AvgIpc) is 3.24. The van der Waals surface area contributed by atoms with Crippen LogP contribution in [0.5, 0.6) is 0 Å². The molecule has 0 spiro atoms. The van der Waals surface area contributed by atoms with Crippen molar-refractivity contribution in [3.05, 3.63) is 11.6 Å². The molecule has 178 valence electrons. The van der Waals surface area contributed by atoms with Crippen LogP contribution in [0.25, 0.3) is 0 Å². The van der Waals surface area contributed by atoms with Gasteiger partial charge >= 0.3 is 5.97 Å². The minimum absolute atomic E-state index is 0.00183. The molecule has 5 unspecified atom stereocenters. The Morgan fingerprint density at radius 2 is 1.97 bits per heavy atom. The molecule has 3 heteroatoms. The molecular formula is C28H49NO2. The Hall–Kier alpha value is -0.830. The van der Waals surface area contributed by atoms with Gasteiger partial charge < -0.3 is 10.1 Å². The molecule has 0 radical (unpaired) electrons. The summed E-state index contributed by atoms with van der Waals surface area (Å²) in [5, 5.41) is 3.54. The van der Waals surface area contributed by atoms with Crippen LogP contribution in [0.3, 0.4) is 0 Å². The van der Waals surface area contributed by atoms with Gasteiger partial charge in [-0.3, -0.25) is 4.79 Å². The van der Waals surface area contributed by atoms with E-state index in [4.69, 9.17) is 4.74 Å². The monoisotopic (exact) mass is 431 g/mol. The maximum atomic E-state index is 12.0. The van der Waals surface area contributed by atoms with Crippen molar-refractivity contribution in [1.29, 1.82) is 0 Å². The summed E-state index contributed by atoms with van der Waals surface area (Å²) in [5.74, 6) is 3.26. The minimum atomic E-state index is -0.00183. The van der Waals surface area contributed by atoms with Gasteiger partial charge in [0, 0.05) is 12.5 Å². The fraction of sp³-hybridized carbons (Fsp3) is 0.893. The smallest absolute Gasteiger partial charge is 0.305 e. The summed E-state index contributed by atoms with van der Waals surface area (Å²) in [4.78, 5) is 12.0. The first kappa shape index (κ1) is 24.8. The summed E-state index contributed by atoms with van der Waals surface area (Å²) in [6.07, 6.45) is 16.6. The molecule has 31 heavy (non-hydrogen) atoms. The lowest BCUT2D eigenvalue weighted by atomic mass is 9.46. The summed E-state index contributed by atoms with van der Waals surface area (Å²) in [6, 6.07) is 0.683. The molecule has 0 saturated heterocycles. The zero-order valence-electron chi connectivity index (χ0n) is 21.3. The first-order valence-corrected chi connectivity index (χ1v) is 13.5. The van der Waals surface area contributed by atoms with E-state index in [9.17, 15) is 4.79 Å².